The maximum absolute atomic E-state index is 12.4. The summed E-state index contributed by atoms with van der Waals surface area (Å²) in [6.45, 7) is 6.60. The van der Waals surface area contributed by atoms with Crippen LogP contribution in [-0.4, -0.2) is 24.7 Å². The van der Waals surface area contributed by atoms with Crippen LogP contribution in [-0.2, 0) is 23.1 Å². The normalized spacial score (nSPS) is 12.2. The lowest BCUT2D eigenvalue weighted by Gasteiger charge is -2.10. The van der Waals surface area contributed by atoms with E-state index in [1.54, 1.807) is 0 Å². The van der Waals surface area contributed by atoms with E-state index in [0.717, 1.165) is 10.6 Å². The van der Waals surface area contributed by atoms with Crippen molar-refractivity contribution < 1.29 is 8.42 Å². The van der Waals surface area contributed by atoms with Crippen molar-refractivity contribution in [2.24, 2.45) is 0 Å². The average molecular weight is 328 g/mol. The van der Waals surface area contributed by atoms with E-state index >= 15 is 0 Å². The predicted octanol–water partition coefficient (Wildman–Crippen LogP) is 1.76. The number of aromatic amines is 1. The maximum atomic E-state index is 12.4. The maximum Gasteiger partial charge on any atom is 0.260 e. The van der Waals surface area contributed by atoms with Gasteiger partial charge in [-0.05, 0) is 18.4 Å². The Morgan fingerprint density at radius 3 is 2.76 bits per heavy atom. The highest BCUT2D eigenvalue weighted by Crippen LogP contribution is 2.17. The molecule has 2 aromatic rings. The first-order valence-corrected chi connectivity index (χ1v) is 9.05. The molecule has 3 N–H and O–H groups in total. The zero-order valence-electron chi connectivity index (χ0n) is 12.3. The van der Waals surface area contributed by atoms with E-state index in [-0.39, 0.29) is 17.6 Å². The zero-order chi connectivity index (χ0) is 15.5. The Hall–Kier alpha value is -1.22. The van der Waals surface area contributed by atoms with Gasteiger partial charge in [-0.3, -0.25) is 5.10 Å². The number of hydrogen-bond donors (Lipinski definition) is 3. The number of hydrogen-bond acceptors (Lipinski definition) is 5. The highest BCUT2D eigenvalue weighted by molar-refractivity contribution is 7.89. The molecule has 0 bridgehead atoms. The predicted molar refractivity (Wildman–Crippen MR) is 83.6 cm³/mol. The topological polar surface area (TPSA) is 86.9 Å². The minimum Gasteiger partial charge on any atom is -0.310 e. The monoisotopic (exact) mass is 328 g/mol. The standard InChI is InChI=1S/C13H20N4O2S2/c1-9(2)14-8-12-10(3)16-17-13(12)21(18,19)15-7-11-5-4-6-20-11/h4-6,9,14-15H,7-8H2,1-3H3,(H,16,17). The minimum atomic E-state index is -3.62. The van der Waals surface area contributed by atoms with Crippen molar-refractivity contribution in [1.82, 2.24) is 20.2 Å². The Bertz CT molecular complexity index is 675. The Balaban J connectivity index is 2.15. The van der Waals surface area contributed by atoms with Gasteiger partial charge in [-0.2, -0.15) is 5.10 Å². The summed E-state index contributed by atoms with van der Waals surface area (Å²) in [5.41, 5.74) is 1.45. The van der Waals surface area contributed by atoms with Crippen LogP contribution in [0.1, 0.15) is 30.0 Å². The van der Waals surface area contributed by atoms with Crippen LogP contribution in [0.2, 0.25) is 0 Å². The van der Waals surface area contributed by atoms with Gasteiger partial charge in [0.05, 0.1) is 0 Å². The summed E-state index contributed by atoms with van der Waals surface area (Å²) in [6, 6.07) is 4.06. The number of nitrogens with one attached hydrogen (secondary N) is 3. The first kappa shape index (κ1) is 16.2. The third kappa shape index (κ3) is 4.13. The summed E-state index contributed by atoms with van der Waals surface area (Å²) in [5.74, 6) is 0. The summed E-state index contributed by atoms with van der Waals surface area (Å²) in [6.07, 6.45) is 0. The molecule has 0 spiro atoms. The van der Waals surface area contributed by atoms with E-state index in [4.69, 9.17) is 0 Å². The van der Waals surface area contributed by atoms with E-state index in [1.807, 2.05) is 38.3 Å². The minimum absolute atomic E-state index is 0.0738. The van der Waals surface area contributed by atoms with Crippen molar-refractivity contribution in [1.29, 1.82) is 0 Å². The first-order valence-electron chi connectivity index (χ1n) is 6.69. The molecule has 0 aliphatic carbocycles. The molecule has 0 saturated heterocycles. The Kier molecular flexibility index (Phi) is 5.15. The van der Waals surface area contributed by atoms with Crippen LogP contribution in [0.4, 0.5) is 0 Å². The van der Waals surface area contributed by atoms with Crippen LogP contribution >= 0.6 is 11.3 Å². The molecule has 0 atom stereocenters. The van der Waals surface area contributed by atoms with Crippen molar-refractivity contribution in [3.05, 3.63) is 33.6 Å². The van der Waals surface area contributed by atoms with Gasteiger partial charge in [-0.15, -0.1) is 11.3 Å². The number of rotatable bonds is 7. The summed E-state index contributed by atoms with van der Waals surface area (Å²) in [5, 5.41) is 11.9. The molecule has 0 aromatic carbocycles. The van der Waals surface area contributed by atoms with E-state index in [2.05, 4.69) is 20.2 Å². The molecule has 116 valence electrons. The Labute approximate surface area is 129 Å². The number of aryl methyl sites for hydroxylation is 1. The van der Waals surface area contributed by atoms with E-state index in [9.17, 15) is 8.42 Å². The van der Waals surface area contributed by atoms with Crippen LogP contribution < -0.4 is 10.0 Å². The summed E-state index contributed by atoms with van der Waals surface area (Å²) < 4.78 is 27.4. The van der Waals surface area contributed by atoms with Crippen LogP contribution in [0.15, 0.2) is 22.5 Å². The number of H-pyrrole nitrogens is 1. The number of sulfonamides is 1. The van der Waals surface area contributed by atoms with Gasteiger partial charge in [0.1, 0.15) is 0 Å². The van der Waals surface area contributed by atoms with Gasteiger partial charge in [0.15, 0.2) is 5.03 Å². The number of aromatic nitrogens is 2. The second-order valence-electron chi connectivity index (χ2n) is 5.07. The molecular weight excluding hydrogens is 308 g/mol. The van der Waals surface area contributed by atoms with Gasteiger partial charge in [0.2, 0.25) is 0 Å². The quantitative estimate of drug-likeness (QED) is 0.723. The fraction of sp³-hybridized carbons (Fsp3) is 0.462. The molecule has 0 unspecified atom stereocenters. The third-order valence-electron chi connectivity index (χ3n) is 2.99. The van der Waals surface area contributed by atoms with Gasteiger partial charge in [-0.1, -0.05) is 19.9 Å². The third-order valence-corrected chi connectivity index (χ3v) is 5.24. The molecule has 0 aliphatic heterocycles. The highest BCUT2D eigenvalue weighted by Gasteiger charge is 2.23. The summed E-state index contributed by atoms with van der Waals surface area (Å²) in [4.78, 5) is 0.965. The molecule has 6 nitrogen and oxygen atoms in total. The lowest BCUT2D eigenvalue weighted by molar-refractivity contribution is 0.564. The fourth-order valence-electron chi connectivity index (χ4n) is 1.81. The lowest BCUT2D eigenvalue weighted by Crippen LogP contribution is -2.27. The van der Waals surface area contributed by atoms with E-state index in [1.165, 1.54) is 11.3 Å². The fourth-order valence-corrected chi connectivity index (χ4v) is 3.75. The summed E-state index contributed by atoms with van der Waals surface area (Å²) in [7, 11) is -3.62. The summed E-state index contributed by atoms with van der Waals surface area (Å²) >= 11 is 1.51. The van der Waals surface area contributed by atoms with Gasteiger partial charge >= 0.3 is 0 Å². The van der Waals surface area contributed by atoms with E-state index in [0.29, 0.717) is 12.1 Å². The Morgan fingerprint density at radius 1 is 1.38 bits per heavy atom. The van der Waals surface area contributed by atoms with Crippen molar-refractivity contribution in [2.45, 2.75) is 44.9 Å². The molecule has 0 amide bonds. The van der Waals surface area contributed by atoms with Crippen molar-refractivity contribution in [3.63, 3.8) is 0 Å². The van der Waals surface area contributed by atoms with Gasteiger partial charge < -0.3 is 5.32 Å². The second-order valence-corrected chi connectivity index (χ2v) is 7.79. The second kappa shape index (κ2) is 6.69. The number of nitrogens with zero attached hydrogens (tertiary/aromatic N) is 1. The molecule has 0 aliphatic rings. The molecule has 2 aromatic heterocycles. The molecule has 8 heteroatoms. The molecular formula is C13H20N4O2S2. The molecule has 0 radical (unpaired) electrons. The molecule has 0 saturated carbocycles. The smallest absolute Gasteiger partial charge is 0.260 e. The highest BCUT2D eigenvalue weighted by atomic mass is 32.2. The van der Waals surface area contributed by atoms with Crippen molar-refractivity contribution in [2.75, 3.05) is 0 Å². The SMILES string of the molecule is Cc1[nH]nc(S(=O)(=O)NCc2cccs2)c1CNC(C)C. The van der Waals surface area contributed by atoms with Crippen molar-refractivity contribution in [3.8, 4) is 0 Å². The molecule has 2 rings (SSSR count). The van der Waals surface area contributed by atoms with Crippen LogP contribution in [0, 0.1) is 6.92 Å². The zero-order valence-corrected chi connectivity index (χ0v) is 13.9. The molecule has 21 heavy (non-hydrogen) atoms. The van der Waals surface area contributed by atoms with Crippen LogP contribution in [0.25, 0.3) is 0 Å². The average Bonchev–Trinajstić information content (AvgIpc) is 3.03. The van der Waals surface area contributed by atoms with Crippen LogP contribution in [0.5, 0.6) is 0 Å². The largest absolute Gasteiger partial charge is 0.310 e. The van der Waals surface area contributed by atoms with Gasteiger partial charge in [-0.25, -0.2) is 13.1 Å². The van der Waals surface area contributed by atoms with Crippen LogP contribution in [0.3, 0.4) is 0 Å². The van der Waals surface area contributed by atoms with Crippen molar-refractivity contribution >= 4 is 21.4 Å². The van der Waals surface area contributed by atoms with Gasteiger partial charge in [0, 0.05) is 35.3 Å². The number of thiophene rings is 1. The van der Waals surface area contributed by atoms with Gasteiger partial charge in [0.25, 0.3) is 10.0 Å². The molecule has 2 heterocycles. The molecule has 0 fully saturated rings. The van der Waals surface area contributed by atoms with E-state index < -0.39 is 10.0 Å². The first-order chi connectivity index (χ1) is 9.90. The lowest BCUT2D eigenvalue weighted by atomic mass is 10.2. The Morgan fingerprint density at radius 2 is 2.14 bits per heavy atom.